The molecule has 1 spiro atoms. The van der Waals surface area contributed by atoms with Gasteiger partial charge in [-0.15, -0.1) is 0 Å². The Morgan fingerprint density at radius 1 is 1.29 bits per heavy atom. The summed E-state index contributed by atoms with van der Waals surface area (Å²) in [5.74, 6) is 0.677. The van der Waals surface area contributed by atoms with Gasteiger partial charge in [-0.2, -0.15) is 0 Å². The van der Waals surface area contributed by atoms with Gasteiger partial charge in [-0.1, -0.05) is 6.07 Å². The first-order valence-corrected chi connectivity index (χ1v) is 8.54. The summed E-state index contributed by atoms with van der Waals surface area (Å²) in [4.78, 5) is 16.9. The predicted molar refractivity (Wildman–Crippen MR) is 93.7 cm³/mol. The first-order valence-electron chi connectivity index (χ1n) is 8.54. The zero-order valence-corrected chi connectivity index (χ0v) is 14.8. The third kappa shape index (κ3) is 3.65. The lowest BCUT2D eigenvalue weighted by Crippen LogP contribution is -2.58. The van der Waals surface area contributed by atoms with Gasteiger partial charge in [-0.25, -0.2) is 4.79 Å². The lowest BCUT2D eigenvalue weighted by molar-refractivity contribution is -0.123. The maximum Gasteiger partial charge on any atom is 0.322 e. The molecule has 1 N–H and O–H groups in total. The van der Waals surface area contributed by atoms with Gasteiger partial charge in [0.15, 0.2) is 0 Å². The Morgan fingerprint density at radius 2 is 2.04 bits per heavy atom. The molecule has 2 fully saturated rings. The van der Waals surface area contributed by atoms with Crippen molar-refractivity contribution in [3.05, 3.63) is 23.8 Å². The van der Waals surface area contributed by atoms with Gasteiger partial charge in [-0.05, 0) is 44.5 Å². The van der Waals surface area contributed by atoms with Gasteiger partial charge in [-0.3, -0.25) is 0 Å². The van der Waals surface area contributed by atoms with E-state index in [9.17, 15) is 4.79 Å². The van der Waals surface area contributed by atoms with E-state index in [0.717, 1.165) is 31.5 Å². The standard InChI is InChI=1S/C18H27N3O3/c1-14-4-5-16(23-3)15(12-14)19-17(22)21-10-11-24-18(13-21)6-8-20(2)9-7-18/h4-5,12H,6-11,13H2,1-3H3,(H,19,22). The minimum Gasteiger partial charge on any atom is -0.495 e. The number of hydrogen-bond donors (Lipinski definition) is 1. The number of rotatable bonds is 2. The molecular weight excluding hydrogens is 306 g/mol. The molecule has 1 aromatic carbocycles. The Kier molecular flexibility index (Phi) is 4.96. The molecule has 6 heteroatoms. The Hall–Kier alpha value is -1.79. The number of nitrogens with one attached hydrogen (secondary N) is 1. The third-order valence-corrected chi connectivity index (χ3v) is 5.03. The molecule has 0 bridgehead atoms. The van der Waals surface area contributed by atoms with Crippen molar-refractivity contribution in [3.8, 4) is 5.75 Å². The van der Waals surface area contributed by atoms with Gasteiger partial charge in [0.05, 0.1) is 31.5 Å². The van der Waals surface area contributed by atoms with Crippen LogP contribution in [-0.2, 0) is 4.74 Å². The number of carbonyl (C=O) groups excluding carboxylic acids is 1. The highest BCUT2D eigenvalue weighted by atomic mass is 16.5. The number of nitrogens with zero attached hydrogens (tertiary/aromatic N) is 2. The van der Waals surface area contributed by atoms with Gasteiger partial charge in [0, 0.05) is 19.6 Å². The number of benzene rings is 1. The topological polar surface area (TPSA) is 54.0 Å². The summed E-state index contributed by atoms with van der Waals surface area (Å²) in [7, 11) is 3.74. The van der Waals surface area contributed by atoms with Crippen molar-refractivity contribution >= 4 is 11.7 Å². The fraction of sp³-hybridized carbons (Fsp3) is 0.611. The monoisotopic (exact) mass is 333 g/mol. The van der Waals surface area contributed by atoms with E-state index in [1.54, 1.807) is 7.11 Å². The summed E-state index contributed by atoms with van der Waals surface area (Å²) < 4.78 is 11.4. The molecule has 2 amide bonds. The van der Waals surface area contributed by atoms with Crippen LogP contribution in [0.2, 0.25) is 0 Å². The average molecular weight is 333 g/mol. The lowest BCUT2D eigenvalue weighted by atomic mass is 9.89. The molecule has 0 aliphatic carbocycles. The third-order valence-electron chi connectivity index (χ3n) is 5.03. The first-order chi connectivity index (χ1) is 11.5. The number of anilines is 1. The number of aryl methyl sites for hydroxylation is 1. The van der Waals surface area contributed by atoms with E-state index in [1.807, 2.05) is 30.0 Å². The van der Waals surface area contributed by atoms with E-state index >= 15 is 0 Å². The molecule has 3 rings (SSSR count). The van der Waals surface area contributed by atoms with Crippen LogP contribution in [0.15, 0.2) is 18.2 Å². The van der Waals surface area contributed by atoms with Crippen LogP contribution in [0.5, 0.6) is 5.75 Å². The molecule has 132 valence electrons. The minimum absolute atomic E-state index is 0.0829. The van der Waals surface area contributed by atoms with E-state index in [-0.39, 0.29) is 11.6 Å². The van der Waals surface area contributed by atoms with E-state index in [0.29, 0.717) is 31.1 Å². The molecule has 0 radical (unpaired) electrons. The molecule has 6 nitrogen and oxygen atoms in total. The fourth-order valence-electron chi connectivity index (χ4n) is 3.46. The molecule has 1 aromatic rings. The van der Waals surface area contributed by atoms with Crippen LogP contribution >= 0.6 is 0 Å². The van der Waals surface area contributed by atoms with Crippen LogP contribution in [-0.4, -0.2) is 68.4 Å². The fourth-order valence-corrected chi connectivity index (χ4v) is 3.46. The number of amides is 2. The number of carbonyl (C=O) groups is 1. The van der Waals surface area contributed by atoms with Gasteiger partial charge in [0.25, 0.3) is 0 Å². The van der Waals surface area contributed by atoms with Crippen molar-refractivity contribution in [1.82, 2.24) is 9.80 Å². The molecule has 2 heterocycles. The first kappa shape index (κ1) is 17.0. The van der Waals surface area contributed by atoms with Crippen LogP contribution in [0.1, 0.15) is 18.4 Å². The van der Waals surface area contributed by atoms with Crippen molar-refractivity contribution in [2.45, 2.75) is 25.4 Å². The van der Waals surface area contributed by atoms with Crippen LogP contribution in [0, 0.1) is 6.92 Å². The van der Waals surface area contributed by atoms with Crippen molar-refractivity contribution in [3.63, 3.8) is 0 Å². The Labute approximate surface area is 143 Å². The molecule has 0 atom stereocenters. The number of piperidine rings is 1. The molecule has 2 saturated heterocycles. The van der Waals surface area contributed by atoms with Crippen molar-refractivity contribution in [2.75, 3.05) is 52.3 Å². The van der Waals surface area contributed by atoms with Crippen LogP contribution < -0.4 is 10.1 Å². The second-order valence-electron chi connectivity index (χ2n) is 6.89. The van der Waals surface area contributed by atoms with Gasteiger partial charge in [0.1, 0.15) is 5.75 Å². The van der Waals surface area contributed by atoms with Crippen LogP contribution in [0.25, 0.3) is 0 Å². The normalized spacial score (nSPS) is 20.9. The second kappa shape index (κ2) is 6.99. The van der Waals surface area contributed by atoms with Crippen LogP contribution in [0.4, 0.5) is 10.5 Å². The molecule has 2 aliphatic heterocycles. The number of likely N-dealkylation sites (tertiary alicyclic amines) is 1. The highest BCUT2D eigenvalue weighted by Gasteiger charge is 2.40. The molecule has 24 heavy (non-hydrogen) atoms. The number of hydrogen-bond acceptors (Lipinski definition) is 4. The summed E-state index contributed by atoms with van der Waals surface area (Å²) in [6, 6.07) is 5.70. The van der Waals surface area contributed by atoms with E-state index < -0.39 is 0 Å². The average Bonchev–Trinajstić information content (AvgIpc) is 2.58. The lowest BCUT2D eigenvalue weighted by Gasteiger charge is -2.46. The maximum absolute atomic E-state index is 12.7. The molecule has 0 unspecified atom stereocenters. The number of urea groups is 1. The zero-order chi connectivity index (χ0) is 17.2. The van der Waals surface area contributed by atoms with E-state index in [1.165, 1.54) is 0 Å². The van der Waals surface area contributed by atoms with E-state index in [2.05, 4.69) is 17.3 Å². The van der Waals surface area contributed by atoms with Gasteiger partial charge < -0.3 is 24.6 Å². The second-order valence-corrected chi connectivity index (χ2v) is 6.89. The quantitative estimate of drug-likeness (QED) is 0.902. The summed E-state index contributed by atoms with van der Waals surface area (Å²) >= 11 is 0. The summed E-state index contributed by atoms with van der Waals surface area (Å²) in [6.07, 6.45) is 1.95. The Bertz CT molecular complexity index is 597. The highest BCUT2D eigenvalue weighted by Crippen LogP contribution is 2.31. The van der Waals surface area contributed by atoms with Crippen LogP contribution in [0.3, 0.4) is 0 Å². The van der Waals surface area contributed by atoms with Crippen molar-refractivity contribution in [2.24, 2.45) is 0 Å². The molecular formula is C18H27N3O3. The SMILES string of the molecule is COc1ccc(C)cc1NC(=O)N1CCOC2(CCN(C)CC2)C1. The smallest absolute Gasteiger partial charge is 0.322 e. The maximum atomic E-state index is 12.7. The molecule has 2 aliphatic rings. The summed E-state index contributed by atoms with van der Waals surface area (Å²) in [6.45, 7) is 5.90. The summed E-state index contributed by atoms with van der Waals surface area (Å²) in [5, 5.41) is 3.00. The van der Waals surface area contributed by atoms with Gasteiger partial charge >= 0.3 is 6.03 Å². The van der Waals surface area contributed by atoms with Crippen molar-refractivity contribution in [1.29, 1.82) is 0 Å². The number of morpholine rings is 1. The zero-order valence-electron chi connectivity index (χ0n) is 14.8. The minimum atomic E-state index is -0.182. The largest absolute Gasteiger partial charge is 0.495 e. The number of methoxy groups -OCH3 is 1. The van der Waals surface area contributed by atoms with E-state index in [4.69, 9.17) is 9.47 Å². The number of ether oxygens (including phenoxy) is 2. The van der Waals surface area contributed by atoms with Crippen molar-refractivity contribution < 1.29 is 14.3 Å². The Balaban J connectivity index is 1.68. The molecule has 0 saturated carbocycles. The highest BCUT2D eigenvalue weighted by molar-refractivity contribution is 5.91. The predicted octanol–water partition coefficient (Wildman–Crippen LogP) is 2.33. The molecule has 0 aromatic heterocycles. The summed E-state index contributed by atoms with van der Waals surface area (Å²) in [5.41, 5.74) is 1.62. The van der Waals surface area contributed by atoms with Gasteiger partial charge in [0.2, 0.25) is 0 Å². The Morgan fingerprint density at radius 3 is 2.75 bits per heavy atom.